The summed E-state index contributed by atoms with van der Waals surface area (Å²) in [6.45, 7) is 4.50. The molecule has 3 nitrogen and oxygen atoms in total. The van der Waals surface area contributed by atoms with Gasteiger partial charge in [-0.3, -0.25) is 4.90 Å². The predicted octanol–water partition coefficient (Wildman–Crippen LogP) is 4.55. The Bertz CT molecular complexity index is 593. The summed E-state index contributed by atoms with van der Waals surface area (Å²) in [5.74, 6) is 0. The monoisotopic (exact) mass is 327 g/mol. The Balaban J connectivity index is 1.90. The lowest BCUT2D eigenvalue weighted by Gasteiger charge is -2.20. The van der Waals surface area contributed by atoms with E-state index < -0.39 is 0 Å². The van der Waals surface area contributed by atoms with E-state index in [1.807, 2.05) is 13.1 Å². The molecular formula is C14H18ClN3S2. The van der Waals surface area contributed by atoms with Gasteiger partial charge in [0.2, 0.25) is 0 Å². The van der Waals surface area contributed by atoms with Crippen LogP contribution in [-0.2, 0) is 6.54 Å². The van der Waals surface area contributed by atoms with E-state index in [1.165, 1.54) is 24.3 Å². The van der Waals surface area contributed by atoms with E-state index in [9.17, 15) is 0 Å². The number of aromatic nitrogens is 1. The Morgan fingerprint density at radius 2 is 2.40 bits per heavy atom. The molecule has 3 heterocycles. The second-order valence-electron chi connectivity index (χ2n) is 5.14. The molecule has 0 bridgehead atoms. The number of halogens is 1. The molecule has 1 unspecified atom stereocenters. The molecule has 20 heavy (non-hydrogen) atoms. The minimum absolute atomic E-state index is 0.675. The molecule has 1 aliphatic rings. The molecule has 0 amide bonds. The number of rotatable bonds is 4. The Morgan fingerprint density at radius 3 is 3.00 bits per heavy atom. The normalized spacial score (nSPS) is 19.6. The van der Waals surface area contributed by atoms with E-state index in [4.69, 9.17) is 16.6 Å². The number of hydrogen-bond donors (Lipinski definition) is 1. The van der Waals surface area contributed by atoms with Gasteiger partial charge >= 0.3 is 0 Å². The first-order valence-corrected chi connectivity index (χ1v) is 8.90. The molecule has 0 saturated carbocycles. The zero-order chi connectivity index (χ0) is 14.1. The van der Waals surface area contributed by atoms with Crippen LogP contribution < -0.4 is 5.32 Å². The summed E-state index contributed by atoms with van der Waals surface area (Å²) in [4.78, 5) is 8.59. The van der Waals surface area contributed by atoms with Gasteiger partial charge in [-0.1, -0.05) is 11.6 Å². The predicted molar refractivity (Wildman–Crippen MR) is 89.1 cm³/mol. The van der Waals surface area contributed by atoms with Gasteiger partial charge < -0.3 is 5.32 Å². The highest BCUT2D eigenvalue weighted by Crippen LogP contribution is 2.36. The van der Waals surface area contributed by atoms with Crippen LogP contribution in [0.1, 0.15) is 24.6 Å². The van der Waals surface area contributed by atoms with Crippen molar-refractivity contribution in [2.45, 2.75) is 32.4 Å². The summed E-state index contributed by atoms with van der Waals surface area (Å²) < 4.78 is 0.819. The van der Waals surface area contributed by atoms with Crippen molar-refractivity contribution in [2.24, 2.45) is 0 Å². The van der Waals surface area contributed by atoms with Gasteiger partial charge in [0.15, 0.2) is 5.13 Å². The van der Waals surface area contributed by atoms with Crippen LogP contribution in [0.25, 0.3) is 11.3 Å². The summed E-state index contributed by atoms with van der Waals surface area (Å²) in [6, 6.07) is 2.69. The lowest BCUT2D eigenvalue weighted by Crippen LogP contribution is -2.25. The van der Waals surface area contributed by atoms with Crippen LogP contribution in [0.2, 0.25) is 4.34 Å². The van der Waals surface area contributed by atoms with Crippen LogP contribution in [0.3, 0.4) is 0 Å². The minimum atomic E-state index is 0.675. The first-order valence-electron chi connectivity index (χ1n) is 6.83. The third kappa shape index (κ3) is 2.86. The van der Waals surface area contributed by atoms with E-state index in [2.05, 4.69) is 22.5 Å². The van der Waals surface area contributed by atoms with Gasteiger partial charge in [0.1, 0.15) is 0 Å². The summed E-state index contributed by atoms with van der Waals surface area (Å²) in [5, 5.41) is 6.23. The van der Waals surface area contributed by atoms with Gasteiger partial charge in [-0.05, 0) is 32.4 Å². The maximum absolute atomic E-state index is 6.06. The van der Waals surface area contributed by atoms with Crippen molar-refractivity contribution in [3.8, 4) is 11.3 Å². The number of likely N-dealkylation sites (tertiary alicyclic amines) is 1. The number of nitrogens with zero attached hydrogens (tertiary/aromatic N) is 2. The first-order chi connectivity index (χ1) is 9.67. The Labute approximate surface area is 132 Å². The molecule has 1 aliphatic heterocycles. The minimum Gasteiger partial charge on any atom is -0.365 e. The highest BCUT2D eigenvalue weighted by atomic mass is 35.5. The van der Waals surface area contributed by atoms with Gasteiger partial charge in [-0.2, -0.15) is 0 Å². The molecule has 2 aromatic rings. The second kappa shape index (κ2) is 6.02. The fourth-order valence-electron chi connectivity index (χ4n) is 2.64. The zero-order valence-corrected chi connectivity index (χ0v) is 14.0. The molecule has 1 fully saturated rings. The molecule has 3 rings (SSSR count). The van der Waals surface area contributed by atoms with Crippen LogP contribution in [-0.4, -0.2) is 29.5 Å². The van der Waals surface area contributed by atoms with E-state index >= 15 is 0 Å². The molecule has 1 saturated heterocycles. The third-order valence-electron chi connectivity index (χ3n) is 3.79. The van der Waals surface area contributed by atoms with Crippen molar-refractivity contribution in [3.63, 3.8) is 0 Å². The average molecular weight is 328 g/mol. The summed E-state index contributed by atoms with van der Waals surface area (Å²) in [6.07, 6.45) is 2.61. The summed E-state index contributed by atoms with van der Waals surface area (Å²) >= 11 is 9.38. The topological polar surface area (TPSA) is 28.2 Å². The average Bonchev–Trinajstić information content (AvgIpc) is 3.12. The van der Waals surface area contributed by atoms with Crippen LogP contribution in [0.5, 0.6) is 0 Å². The standard InChI is InChI=1S/C14H18ClN3S2/c1-9-4-3-5-18(9)7-11-13(17-14(16-2)20-11)10-6-12(15)19-8-10/h6,8-9H,3-5,7H2,1-2H3,(H,16,17). The van der Waals surface area contributed by atoms with Gasteiger partial charge in [-0.25, -0.2) is 4.98 Å². The smallest absolute Gasteiger partial charge is 0.183 e. The molecular weight excluding hydrogens is 310 g/mol. The van der Waals surface area contributed by atoms with Crippen molar-refractivity contribution >= 4 is 39.4 Å². The van der Waals surface area contributed by atoms with E-state index in [1.54, 1.807) is 22.7 Å². The van der Waals surface area contributed by atoms with Gasteiger partial charge in [0.25, 0.3) is 0 Å². The Kier molecular flexibility index (Phi) is 4.31. The number of anilines is 1. The quantitative estimate of drug-likeness (QED) is 0.892. The molecule has 0 spiro atoms. The van der Waals surface area contributed by atoms with E-state index in [0.29, 0.717) is 6.04 Å². The lowest BCUT2D eigenvalue weighted by molar-refractivity contribution is 0.263. The number of hydrogen-bond acceptors (Lipinski definition) is 5. The van der Waals surface area contributed by atoms with Crippen LogP contribution >= 0.6 is 34.3 Å². The van der Waals surface area contributed by atoms with Gasteiger partial charge in [0, 0.05) is 35.5 Å². The van der Waals surface area contributed by atoms with Crippen LogP contribution in [0.15, 0.2) is 11.4 Å². The summed E-state index contributed by atoms with van der Waals surface area (Å²) in [7, 11) is 1.92. The van der Waals surface area contributed by atoms with Crippen LogP contribution in [0.4, 0.5) is 5.13 Å². The van der Waals surface area contributed by atoms with Crippen molar-refractivity contribution in [3.05, 3.63) is 20.7 Å². The van der Waals surface area contributed by atoms with Crippen molar-refractivity contribution in [1.29, 1.82) is 0 Å². The molecule has 0 radical (unpaired) electrons. The highest BCUT2D eigenvalue weighted by Gasteiger charge is 2.23. The second-order valence-corrected chi connectivity index (χ2v) is 7.77. The maximum Gasteiger partial charge on any atom is 0.183 e. The largest absolute Gasteiger partial charge is 0.365 e. The van der Waals surface area contributed by atoms with Crippen LogP contribution in [0, 0.1) is 0 Å². The molecule has 2 aromatic heterocycles. The van der Waals surface area contributed by atoms with Crippen molar-refractivity contribution < 1.29 is 0 Å². The maximum atomic E-state index is 6.06. The molecule has 1 atom stereocenters. The molecule has 6 heteroatoms. The van der Waals surface area contributed by atoms with Crippen molar-refractivity contribution in [2.75, 3.05) is 18.9 Å². The first kappa shape index (κ1) is 14.3. The van der Waals surface area contributed by atoms with E-state index in [-0.39, 0.29) is 0 Å². The molecule has 0 aliphatic carbocycles. The lowest BCUT2D eigenvalue weighted by atomic mass is 10.2. The highest BCUT2D eigenvalue weighted by molar-refractivity contribution is 7.16. The summed E-state index contributed by atoms with van der Waals surface area (Å²) in [5.41, 5.74) is 2.22. The fraction of sp³-hybridized carbons (Fsp3) is 0.500. The number of nitrogens with one attached hydrogen (secondary N) is 1. The zero-order valence-electron chi connectivity index (χ0n) is 11.6. The SMILES string of the molecule is CNc1nc(-c2csc(Cl)c2)c(CN2CCCC2C)s1. The fourth-order valence-corrected chi connectivity index (χ4v) is 4.47. The molecule has 108 valence electrons. The molecule has 0 aromatic carbocycles. The van der Waals surface area contributed by atoms with Crippen molar-refractivity contribution in [1.82, 2.24) is 9.88 Å². The third-order valence-corrected chi connectivity index (χ3v) is 5.94. The number of thiazole rings is 1. The Hall–Kier alpha value is -0.620. The number of thiophene rings is 1. The molecule has 1 N–H and O–H groups in total. The van der Waals surface area contributed by atoms with Gasteiger partial charge in [-0.15, -0.1) is 22.7 Å². The van der Waals surface area contributed by atoms with Gasteiger partial charge in [0.05, 0.1) is 10.0 Å². The Morgan fingerprint density at radius 1 is 1.55 bits per heavy atom. The van der Waals surface area contributed by atoms with E-state index in [0.717, 1.165) is 27.3 Å².